The topological polar surface area (TPSA) is 75.4 Å². The summed E-state index contributed by atoms with van der Waals surface area (Å²) in [5, 5.41) is 12.2. The molecule has 0 aromatic heterocycles. The van der Waals surface area contributed by atoms with Crippen LogP contribution in [0.15, 0.2) is 0 Å². The van der Waals surface area contributed by atoms with Gasteiger partial charge in [0.2, 0.25) is 0 Å². The maximum Gasteiger partial charge on any atom is 0.324 e. The van der Waals surface area contributed by atoms with Gasteiger partial charge in [0.25, 0.3) is 0 Å². The van der Waals surface area contributed by atoms with E-state index in [0.29, 0.717) is 12.3 Å². The van der Waals surface area contributed by atoms with Crippen molar-refractivity contribution in [3.63, 3.8) is 0 Å². The van der Waals surface area contributed by atoms with E-state index in [0.717, 1.165) is 19.5 Å². The fourth-order valence-electron chi connectivity index (χ4n) is 2.51. The van der Waals surface area contributed by atoms with Crippen molar-refractivity contribution in [2.24, 2.45) is 17.6 Å². The molecule has 0 unspecified atom stereocenters. The van der Waals surface area contributed by atoms with Crippen molar-refractivity contribution in [3.05, 3.63) is 0 Å². The largest absolute Gasteiger partial charge is 0.480 e. The highest BCUT2D eigenvalue weighted by molar-refractivity contribution is 5.79. The number of carboxylic acid groups (broad SMARTS) is 1. The highest BCUT2D eigenvalue weighted by Crippen LogP contribution is 2.40. The van der Waals surface area contributed by atoms with Gasteiger partial charge in [0.1, 0.15) is 5.54 Å². The van der Waals surface area contributed by atoms with Gasteiger partial charge in [0.05, 0.1) is 0 Å². The van der Waals surface area contributed by atoms with Gasteiger partial charge < -0.3 is 16.2 Å². The van der Waals surface area contributed by atoms with Crippen LogP contribution in [0.25, 0.3) is 0 Å². The number of rotatable bonds is 1. The lowest BCUT2D eigenvalue weighted by Gasteiger charge is -2.25. The van der Waals surface area contributed by atoms with Crippen LogP contribution in [0.1, 0.15) is 12.8 Å². The van der Waals surface area contributed by atoms with E-state index in [9.17, 15) is 4.79 Å². The summed E-state index contributed by atoms with van der Waals surface area (Å²) < 4.78 is 0. The zero-order chi connectivity index (χ0) is 8.77. The van der Waals surface area contributed by atoms with Crippen LogP contribution in [0.4, 0.5) is 0 Å². The minimum atomic E-state index is -0.950. The fraction of sp³-hybridized carbons (Fsp3) is 0.875. The van der Waals surface area contributed by atoms with Crippen molar-refractivity contribution < 1.29 is 9.90 Å². The zero-order valence-corrected chi connectivity index (χ0v) is 6.92. The summed E-state index contributed by atoms with van der Waals surface area (Å²) in [5.41, 5.74) is 4.90. The molecule has 0 bridgehead atoms. The van der Waals surface area contributed by atoms with Crippen molar-refractivity contribution in [1.29, 1.82) is 0 Å². The summed E-state index contributed by atoms with van der Waals surface area (Å²) in [6, 6.07) is 0. The Kier molecular flexibility index (Phi) is 1.63. The molecule has 2 aliphatic rings. The third-order valence-electron chi connectivity index (χ3n) is 3.33. The molecule has 1 aliphatic carbocycles. The van der Waals surface area contributed by atoms with Crippen LogP contribution in [0.2, 0.25) is 0 Å². The summed E-state index contributed by atoms with van der Waals surface area (Å²) in [5.74, 6) is -0.195. The first-order valence-corrected chi connectivity index (χ1v) is 4.37. The van der Waals surface area contributed by atoms with E-state index < -0.39 is 11.5 Å². The smallest absolute Gasteiger partial charge is 0.324 e. The van der Waals surface area contributed by atoms with Gasteiger partial charge in [-0.25, -0.2) is 0 Å². The summed E-state index contributed by atoms with van der Waals surface area (Å²) >= 11 is 0. The number of carboxylic acids is 1. The van der Waals surface area contributed by atoms with Gasteiger partial charge in [0, 0.05) is 12.5 Å². The molecule has 2 rings (SSSR count). The predicted octanol–water partition coefficient (Wildman–Crippen LogP) is -0.602. The third kappa shape index (κ3) is 0.881. The van der Waals surface area contributed by atoms with E-state index >= 15 is 0 Å². The van der Waals surface area contributed by atoms with Gasteiger partial charge in [-0.05, 0) is 25.3 Å². The third-order valence-corrected chi connectivity index (χ3v) is 3.33. The number of nitrogens with one attached hydrogen (secondary N) is 1. The molecule has 12 heavy (non-hydrogen) atoms. The van der Waals surface area contributed by atoms with Crippen LogP contribution in [0, 0.1) is 11.8 Å². The fourth-order valence-corrected chi connectivity index (χ4v) is 2.51. The Balaban J connectivity index is 2.22. The number of hydrogen-bond acceptors (Lipinski definition) is 3. The quantitative estimate of drug-likeness (QED) is 0.491. The molecule has 3 atom stereocenters. The van der Waals surface area contributed by atoms with Crippen molar-refractivity contribution in [3.8, 4) is 0 Å². The van der Waals surface area contributed by atoms with Gasteiger partial charge in [-0.2, -0.15) is 0 Å². The lowest BCUT2D eigenvalue weighted by Crippen LogP contribution is -2.52. The van der Waals surface area contributed by atoms with Gasteiger partial charge in [-0.15, -0.1) is 0 Å². The lowest BCUT2D eigenvalue weighted by atomic mass is 9.86. The molecular weight excluding hydrogens is 156 g/mol. The van der Waals surface area contributed by atoms with Gasteiger partial charge >= 0.3 is 5.97 Å². The Hall–Kier alpha value is -0.610. The molecule has 1 saturated carbocycles. The molecule has 1 aliphatic heterocycles. The van der Waals surface area contributed by atoms with Gasteiger partial charge in [0.15, 0.2) is 0 Å². The summed E-state index contributed by atoms with van der Waals surface area (Å²) in [4.78, 5) is 10.9. The first kappa shape index (κ1) is 8.01. The second-order valence-corrected chi connectivity index (χ2v) is 3.91. The molecule has 1 heterocycles. The zero-order valence-electron chi connectivity index (χ0n) is 6.92. The Morgan fingerprint density at radius 2 is 2.33 bits per heavy atom. The monoisotopic (exact) mass is 170 g/mol. The standard InChI is InChI=1S/C8H14N2O2/c9-8(7(11)12)2-1-5-3-10-4-6(5)8/h5-6,10H,1-4,9H2,(H,11,12)/t5-,6-,8-/m1/s1. The second kappa shape index (κ2) is 2.44. The van der Waals surface area contributed by atoms with Crippen LogP contribution in [0.5, 0.6) is 0 Å². The van der Waals surface area contributed by atoms with Crippen molar-refractivity contribution in [1.82, 2.24) is 5.32 Å². The van der Waals surface area contributed by atoms with Crippen LogP contribution in [0.3, 0.4) is 0 Å². The van der Waals surface area contributed by atoms with Gasteiger partial charge in [-0.1, -0.05) is 0 Å². The van der Waals surface area contributed by atoms with Crippen LogP contribution in [-0.4, -0.2) is 29.7 Å². The van der Waals surface area contributed by atoms with E-state index in [-0.39, 0.29) is 5.92 Å². The van der Waals surface area contributed by atoms with Crippen molar-refractivity contribution in [2.75, 3.05) is 13.1 Å². The van der Waals surface area contributed by atoms with E-state index in [2.05, 4.69) is 5.32 Å². The normalized spacial score (nSPS) is 46.1. The minimum Gasteiger partial charge on any atom is -0.480 e. The van der Waals surface area contributed by atoms with Gasteiger partial charge in [-0.3, -0.25) is 4.79 Å². The number of fused-ring (bicyclic) bond motifs is 1. The summed E-state index contributed by atoms with van der Waals surface area (Å²) in [6.45, 7) is 1.71. The lowest BCUT2D eigenvalue weighted by molar-refractivity contribution is -0.144. The van der Waals surface area contributed by atoms with Crippen LogP contribution in [-0.2, 0) is 4.79 Å². The molecule has 0 aromatic carbocycles. The molecule has 4 N–H and O–H groups in total. The highest BCUT2D eigenvalue weighted by atomic mass is 16.4. The maximum absolute atomic E-state index is 10.9. The Labute approximate surface area is 71.1 Å². The number of nitrogens with two attached hydrogens (primary N) is 1. The van der Waals surface area contributed by atoms with E-state index in [4.69, 9.17) is 10.8 Å². The van der Waals surface area contributed by atoms with E-state index in [1.54, 1.807) is 0 Å². The molecule has 0 radical (unpaired) electrons. The molecule has 0 spiro atoms. The molecule has 0 aromatic rings. The Morgan fingerprint density at radius 1 is 1.58 bits per heavy atom. The first-order valence-electron chi connectivity index (χ1n) is 4.37. The SMILES string of the molecule is N[C@]1(C(=O)O)CC[C@@H]2CNC[C@H]21. The first-order chi connectivity index (χ1) is 5.64. The summed E-state index contributed by atoms with van der Waals surface area (Å²) in [6.07, 6.45) is 1.60. The Morgan fingerprint density at radius 3 is 3.00 bits per heavy atom. The van der Waals surface area contributed by atoms with E-state index in [1.807, 2.05) is 0 Å². The van der Waals surface area contributed by atoms with E-state index in [1.165, 1.54) is 0 Å². The number of hydrogen-bond donors (Lipinski definition) is 3. The maximum atomic E-state index is 10.9. The molecule has 4 heteroatoms. The number of aliphatic carboxylic acids is 1. The molecule has 0 amide bonds. The Bertz CT molecular complexity index is 219. The predicted molar refractivity (Wildman–Crippen MR) is 43.6 cm³/mol. The minimum absolute atomic E-state index is 0.148. The molecule has 68 valence electrons. The van der Waals surface area contributed by atoms with Crippen molar-refractivity contribution >= 4 is 5.97 Å². The van der Waals surface area contributed by atoms with Crippen LogP contribution < -0.4 is 11.1 Å². The van der Waals surface area contributed by atoms with Crippen molar-refractivity contribution in [2.45, 2.75) is 18.4 Å². The molecule has 2 fully saturated rings. The molecule has 4 nitrogen and oxygen atoms in total. The average molecular weight is 170 g/mol. The molecular formula is C8H14N2O2. The van der Waals surface area contributed by atoms with Crippen LogP contribution >= 0.6 is 0 Å². The summed E-state index contributed by atoms with van der Waals surface area (Å²) in [7, 11) is 0. The average Bonchev–Trinajstić information content (AvgIpc) is 2.54. The highest BCUT2D eigenvalue weighted by Gasteiger charge is 2.52. The molecule has 1 saturated heterocycles. The number of carbonyl (C=O) groups is 1. The second-order valence-electron chi connectivity index (χ2n) is 3.91.